The Morgan fingerprint density at radius 1 is 1.06 bits per heavy atom. The molecule has 9 nitrogen and oxygen atoms in total. The first-order valence-corrected chi connectivity index (χ1v) is 10.2. The van der Waals surface area contributed by atoms with Gasteiger partial charge in [0.05, 0.1) is 11.3 Å². The van der Waals surface area contributed by atoms with Crippen molar-refractivity contribution in [2.75, 3.05) is 5.32 Å². The van der Waals surface area contributed by atoms with E-state index in [0.29, 0.717) is 34.1 Å². The molecule has 1 amide bonds. The fraction of sp³-hybridized carbons (Fsp3) is 0.0833. The molecule has 5 heterocycles. The molecule has 0 spiro atoms. The molecule has 5 rings (SSSR count). The highest BCUT2D eigenvalue weighted by Crippen LogP contribution is 2.28. The molecular formula is C24H19N7O2. The van der Waals surface area contributed by atoms with Crippen LogP contribution in [0.5, 0.6) is 0 Å². The summed E-state index contributed by atoms with van der Waals surface area (Å²) >= 11 is 0. The van der Waals surface area contributed by atoms with Gasteiger partial charge in [-0.05, 0) is 36.8 Å². The van der Waals surface area contributed by atoms with E-state index in [9.17, 15) is 9.59 Å². The molecule has 9 heteroatoms. The number of anilines is 1. The molecule has 5 aromatic rings. The molecule has 0 atom stereocenters. The molecule has 0 aliphatic rings. The van der Waals surface area contributed by atoms with Crippen LogP contribution in [-0.4, -0.2) is 35.4 Å². The molecule has 33 heavy (non-hydrogen) atoms. The van der Waals surface area contributed by atoms with Gasteiger partial charge in [-0.3, -0.25) is 14.6 Å². The van der Waals surface area contributed by atoms with Gasteiger partial charge in [-0.25, -0.2) is 15.0 Å². The molecule has 162 valence electrons. The number of aryl methyl sites for hydroxylation is 2. The molecule has 0 bridgehead atoms. The number of H-pyrrole nitrogens is 1. The van der Waals surface area contributed by atoms with Crippen LogP contribution in [0, 0.1) is 6.92 Å². The summed E-state index contributed by atoms with van der Waals surface area (Å²) in [5.74, 6) is 0.442. The first-order valence-electron chi connectivity index (χ1n) is 10.2. The van der Waals surface area contributed by atoms with E-state index < -0.39 is 0 Å². The fourth-order valence-corrected chi connectivity index (χ4v) is 3.59. The molecule has 0 fully saturated rings. The van der Waals surface area contributed by atoms with Crippen molar-refractivity contribution in [2.45, 2.75) is 6.92 Å². The van der Waals surface area contributed by atoms with Gasteiger partial charge in [-0.1, -0.05) is 12.1 Å². The minimum atomic E-state index is -0.378. The van der Waals surface area contributed by atoms with Crippen molar-refractivity contribution in [1.29, 1.82) is 0 Å². The standard InChI is InChI=1S/C24H19N7O2/c1-14-6-7-19(29-20(14)17-13-31(2)24(33)21-16(17)8-10-26-21)30-23(32)15-11-27-22(28-12-15)18-5-3-4-9-25-18/h3-13,26H,1-2H3,(H,29,30,32). The Hall–Kier alpha value is -4.66. The number of fused-ring (bicyclic) bond motifs is 1. The van der Waals surface area contributed by atoms with E-state index in [2.05, 4.69) is 30.2 Å². The number of carbonyl (C=O) groups is 1. The summed E-state index contributed by atoms with van der Waals surface area (Å²) in [6, 6.07) is 10.9. The third-order valence-corrected chi connectivity index (χ3v) is 5.30. The van der Waals surface area contributed by atoms with Crippen molar-refractivity contribution in [2.24, 2.45) is 7.05 Å². The Labute approximate surface area is 188 Å². The van der Waals surface area contributed by atoms with Gasteiger partial charge in [0.25, 0.3) is 11.5 Å². The maximum atomic E-state index is 12.8. The Morgan fingerprint density at radius 3 is 2.64 bits per heavy atom. The average molecular weight is 437 g/mol. The fourth-order valence-electron chi connectivity index (χ4n) is 3.59. The monoisotopic (exact) mass is 437 g/mol. The van der Waals surface area contributed by atoms with Gasteiger partial charge >= 0.3 is 0 Å². The summed E-state index contributed by atoms with van der Waals surface area (Å²) in [6.07, 6.45) is 8.05. The van der Waals surface area contributed by atoms with Gasteiger partial charge in [0, 0.05) is 49.0 Å². The van der Waals surface area contributed by atoms with Crippen molar-refractivity contribution in [1.82, 2.24) is 29.5 Å². The number of rotatable bonds is 4. The topological polar surface area (TPSA) is 118 Å². The highest BCUT2D eigenvalue weighted by atomic mass is 16.1. The number of carbonyl (C=O) groups excluding carboxylic acids is 1. The molecular weight excluding hydrogens is 418 g/mol. The van der Waals surface area contributed by atoms with Crippen LogP contribution in [0.2, 0.25) is 0 Å². The van der Waals surface area contributed by atoms with Crippen molar-refractivity contribution in [3.8, 4) is 22.8 Å². The van der Waals surface area contributed by atoms with Crippen molar-refractivity contribution in [3.63, 3.8) is 0 Å². The van der Waals surface area contributed by atoms with E-state index in [4.69, 9.17) is 0 Å². The van der Waals surface area contributed by atoms with Crippen molar-refractivity contribution < 1.29 is 4.79 Å². The van der Waals surface area contributed by atoms with Gasteiger partial charge < -0.3 is 14.9 Å². The minimum absolute atomic E-state index is 0.116. The maximum absolute atomic E-state index is 12.8. The molecule has 0 radical (unpaired) electrons. The Kier molecular flexibility index (Phi) is 4.98. The van der Waals surface area contributed by atoms with Gasteiger partial charge in [-0.15, -0.1) is 0 Å². The van der Waals surface area contributed by atoms with Crippen LogP contribution in [0.3, 0.4) is 0 Å². The smallest absolute Gasteiger partial charge is 0.274 e. The first-order chi connectivity index (χ1) is 16.0. The van der Waals surface area contributed by atoms with E-state index in [1.54, 1.807) is 37.8 Å². The Bertz CT molecular complexity index is 1540. The molecule has 0 unspecified atom stereocenters. The molecule has 5 aromatic heterocycles. The third kappa shape index (κ3) is 3.76. The molecule has 2 N–H and O–H groups in total. The quantitative estimate of drug-likeness (QED) is 0.445. The van der Waals surface area contributed by atoms with Crippen LogP contribution >= 0.6 is 0 Å². The summed E-state index contributed by atoms with van der Waals surface area (Å²) in [5, 5.41) is 3.57. The second-order valence-corrected chi connectivity index (χ2v) is 7.55. The van der Waals surface area contributed by atoms with Crippen LogP contribution in [0.4, 0.5) is 5.82 Å². The van der Waals surface area contributed by atoms with Crippen molar-refractivity contribution in [3.05, 3.63) is 88.9 Å². The number of aromatic amines is 1. The molecule has 0 saturated carbocycles. The lowest BCUT2D eigenvalue weighted by molar-refractivity contribution is 0.102. The van der Waals surface area contributed by atoms with Gasteiger partial charge in [0.15, 0.2) is 5.82 Å². The van der Waals surface area contributed by atoms with E-state index in [1.165, 1.54) is 17.0 Å². The predicted octanol–water partition coefficient (Wildman–Crippen LogP) is 3.34. The lowest BCUT2D eigenvalue weighted by Gasteiger charge is -2.11. The average Bonchev–Trinajstić information content (AvgIpc) is 3.34. The lowest BCUT2D eigenvalue weighted by atomic mass is 10.0. The highest BCUT2D eigenvalue weighted by Gasteiger charge is 2.15. The van der Waals surface area contributed by atoms with Gasteiger partial charge in [-0.2, -0.15) is 0 Å². The number of amides is 1. The zero-order valence-electron chi connectivity index (χ0n) is 17.9. The summed E-state index contributed by atoms with van der Waals surface area (Å²) in [6.45, 7) is 1.93. The maximum Gasteiger partial charge on any atom is 0.274 e. The number of hydrogen-bond acceptors (Lipinski definition) is 6. The molecule has 0 aliphatic carbocycles. The Morgan fingerprint density at radius 2 is 1.88 bits per heavy atom. The minimum Gasteiger partial charge on any atom is -0.357 e. The first kappa shape index (κ1) is 20.3. The Balaban J connectivity index is 1.45. The number of nitrogens with zero attached hydrogens (tertiary/aromatic N) is 5. The van der Waals surface area contributed by atoms with E-state index in [1.807, 2.05) is 31.2 Å². The SMILES string of the molecule is Cc1ccc(NC(=O)c2cnc(-c3ccccn3)nc2)nc1-c1cn(C)c(=O)c2[nH]ccc12. The second kappa shape index (κ2) is 8.12. The van der Waals surface area contributed by atoms with E-state index >= 15 is 0 Å². The van der Waals surface area contributed by atoms with Crippen LogP contribution in [0.25, 0.3) is 33.7 Å². The lowest BCUT2D eigenvalue weighted by Crippen LogP contribution is -2.17. The van der Waals surface area contributed by atoms with Crippen molar-refractivity contribution >= 4 is 22.6 Å². The molecule has 0 aliphatic heterocycles. The van der Waals surface area contributed by atoms with Crippen LogP contribution in [-0.2, 0) is 7.05 Å². The summed E-state index contributed by atoms with van der Waals surface area (Å²) in [4.78, 5) is 45.5. The highest BCUT2D eigenvalue weighted by molar-refractivity contribution is 6.03. The summed E-state index contributed by atoms with van der Waals surface area (Å²) < 4.78 is 1.51. The molecule has 0 aromatic carbocycles. The zero-order valence-corrected chi connectivity index (χ0v) is 17.9. The largest absolute Gasteiger partial charge is 0.357 e. The van der Waals surface area contributed by atoms with Crippen LogP contribution in [0.15, 0.2) is 72.2 Å². The third-order valence-electron chi connectivity index (χ3n) is 5.30. The predicted molar refractivity (Wildman–Crippen MR) is 125 cm³/mol. The number of pyridine rings is 3. The van der Waals surface area contributed by atoms with Gasteiger partial charge in [0.2, 0.25) is 0 Å². The zero-order chi connectivity index (χ0) is 22.9. The number of aromatic nitrogens is 6. The number of nitrogens with one attached hydrogen (secondary N) is 2. The van der Waals surface area contributed by atoms with E-state index in [0.717, 1.165) is 16.5 Å². The number of hydrogen-bond donors (Lipinski definition) is 2. The van der Waals surface area contributed by atoms with Gasteiger partial charge in [0.1, 0.15) is 17.0 Å². The van der Waals surface area contributed by atoms with Crippen LogP contribution < -0.4 is 10.9 Å². The summed E-state index contributed by atoms with van der Waals surface area (Å²) in [5.41, 5.74) is 3.71. The molecule has 0 saturated heterocycles. The van der Waals surface area contributed by atoms with Crippen LogP contribution in [0.1, 0.15) is 15.9 Å². The van der Waals surface area contributed by atoms with E-state index in [-0.39, 0.29) is 11.5 Å². The summed E-state index contributed by atoms with van der Waals surface area (Å²) in [7, 11) is 1.70. The normalized spacial score (nSPS) is 11.0. The second-order valence-electron chi connectivity index (χ2n) is 7.55.